The number of aromatic hydroxyl groups is 1. The first-order chi connectivity index (χ1) is 10.7. The summed E-state index contributed by atoms with van der Waals surface area (Å²) in [5, 5.41) is 16.1. The third-order valence-corrected chi connectivity index (χ3v) is 3.26. The van der Waals surface area contributed by atoms with Gasteiger partial charge in [-0.1, -0.05) is 12.1 Å². The largest absolute Gasteiger partial charge is 0.506 e. The molecule has 3 aromatic rings. The van der Waals surface area contributed by atoms with Gasteiger partial charge in [0.1, 0.15) is 11.5 Å². The number of hydrogen-bond donors (Lipinski definition) is 3. The van der Waals surface area contributed by atoms with Crippen LogP contribution in [0.15, 0.2) is 42.5 Å². The molecule has 0 radical (unpaired) electrons. The van der Waals surface area contributed by atoms with E-state index in [4.69, 9.17) is 4.74 Å². The second-order valence-electron chi connectivity index (χ2n) is 4.67. The van der Waals surface area contributed by atoms with E-state index in [0.29, 0.717) is 23.1 Å². The number of hydrogen-bond acceptors (Lipinski definition) is 6. The second-order valence-corrected chi connectivity index (χ2v) is 4.67. The van der Waals surface area contributed by atoms with Crippen LogP contribution in [0.3, 0.4) is 0 Å². The molecule has 0 spiro atoms. The molecule has 112 valence electrons. The molecular weight excluding hydrogens is 280 g/mol. The van der Waals surface area contributed by atoms with Gasteiger partial charge in [0.2, 0.25) is 0 Å². The summed E-state index contributed by atoms with van der Waals surface area (Å²) >= 11 is 0. The average molecular weight is 296 g/mol. The highest BCUT2D eigenvalue weighted by Crippen LogP contribution is 2.32. The highest BCUT2D eigenvalue weighted by molar-refractivity contribution is 5.82. The summed E-state index contributed by atoms with van der Waals surface area (Å²) in [6, 6.07) is 12.6. The van der Waals surface area contributed by atoms with Crippen LogP contribution in [0.4, 0.5) is 17.3 Å². The number of rotatable bonds is 4. The average Bonchev–Trinajstić information content (AvgIpc) is 2.56. The zero-order chi connectivity index (χ0) is 15.5. The van der Waals surface area contributed by atoms with Crippen molar-refractivity contribution in [2.24, 2.45) is 0 Å². The van der Waals surface area contributed by atoms with E-state index in [1.807, 2.05) is 24.3 Å². The minimum atomic E-state index is 0.109. The van der Waals surface area contributed by atoms with Gasteiger partial charge in [-0.2, -0.15) is 0 Å². The summed E-state index contributed by atoms with van der Waals surface area (Å²) in [6.07, 6.45) is 0. The van der Waals surface area contributed by atoms with Gasteiger partial charge >= 0.3 is 0 Å². The van der Waals surface area contributed by atoms with Crippen molar-refractivity contribution in [3.8, 4) is 11.5 Å². The molecule has 0 aliphatic heterocycles. The Hall–Kier alpha value is -3.02. The van der Waals surface area contributed by atoms with E-state index in [1.54, 1.807) is 32.4 Å². The summed E-state index contributed by atoms with van der Waals surface area (Å²) in [5.74, 6) is 1.88. The van der Waals surface area contributed by atoms with Gasteiger partial charge in [-0.25, -0.2) is 9.97 Å². The first kappa shape index (κ1) is 13.9. The maximum atomic E-state index is 9.98. The molecule has 3 rings (SSSR count). The predicted molar refractivity (Wildman–Crippen MR) is 87.0 cm³/mol. The Morgan fingerprint density at radius 3 is 2.32 bits per heavy atom. The van der Waals surface area contributed by atoms with Gasteiger partial charge in [0.05, 0.1) is 23.8 Å². The first-order valence-corrected chi connectivity index (χ1v) is 6.80. The number of nitrogens with one attached hydrogen (secondary N) is 2. The number of anilines is 3. The molecule has 0 bridgehead atoms. The standard InChI is InChI=1S/C16H16N4O2/c1-17-15-16(19-12-6-4-3-5-11(12)18-15)20-13-9-10(22-2)7-8-14(13)21/h3-9,21H,1-2H3,(H,17,18)(H,19,20). The van der Waals surface area contributed by atoms with E-state index >= 15 is 0 Å². The topological polar surface area (TPSA) is 79.3 Å². The van der Waals surface area contributed by atoms with E-state index in [1.165, 1.54) is 0 Å². The van der Waals surface area contributed by atoms with Gasteiger partial charge in [0, 0.05) is 13.1 Å². The number of benzene rings is 2. The zero-order valence-corrected chi connectivity index (χ0v) is 12.3. The summed E-state index contributed by atoms with van der Waals surface area (Å²) in [4.78, 5) is 9.06. The Kier molecular flexibility index (Phi) is 3.65. The molecule has 6 nitrogen and oxygen atoms in total. The molecule has 0 unspecified atom stereocenters. The fourth-order valence-electron chi connectivity index (χ4n) is 2.13. The summed E-state index contributed by atoms with van der Waals surface area (Å²) in [6.45, 7) is 0. The molecule has 0 aliphatic carbocycles. The fourth-order valence-corrected chi connectivity index (χ4v) is 2.13. The highest BCUT2D eigenvalue weighted by Gasteiger charge is 2.10. The number of ether oxygens (including phenoxy) is 1. The minimum absolute atomic E-state index is 0.109. The van der Waals surface area contributed by atoms with E-state index in [9.17, 15) is 5.11 Å². The Balaban J connectivity index is 2.06. The van der Waals surface area contributed by atoms with Gasteiger partial charge in [0.15, 0.2) is 11.6 Å². The SMILES string of the molecule is CNc1nc2ccccc2nc1Nc1cc(OC)ccc1O. The molecule has 6 heteroatoms. The van der Waals surface area contributed by atoms with Crippen molar-refractivity contribution >= 4 is 28.4 Å². The Bertz CT molecular complexity index is 820. The van der Waals surface area contributed by atoms with Crippen LogP contribution in [-0.4, -0.2) is 29.2 Å². The van der Waals surface area contributed by atoms with Crippen molar-refractivity contribution in [3.63, 3.8) is 0 Å². The van der Waals surface area contributed by atoms with Crippen LogP contribution in [0.1, 0.15) is 0 Å². The van der Waals surface area contributed by atoms with E-state index in [-0.39, 0.29) is 5.75 Å². The number of fused-ring (bicyclic) bond motifs is 1. The van der Waals surface area contributed by atoms with Gasteiger partial charge < -0.3 is 20.5 Å². The smallest absolute Gasteiger partial charge is 0.174 e. The molecule has 3 N–H and O–H groups in total. The van der Waals surface area contributed by atoms with Crippen LogP contribution in [-0.2, 0) is 0 Å². The van der Waals surface area contributed by atoms with Crippen molar-refractivity contribution < 1.29 is 9.84 Å². The van der Waals surface area contributed by atoms with Crippen LogP contribution in [0.25, 0.3) is 11.0 Å². The van der Waals surface area contributed by atoms with Crippen LogP contribution >= 0.6 is 0 Å². The highest BCUT2D eigenvalue weighted by atomic mass is 16.5. The summed E-state index contributed by atoms with van der Waals surface area (Å²) < 4.78 is 5.17. The number of nitrogens with zero attached hydrogens (tertiary/aromatic N) is 2. The third-order valence-electron chi connectivity index (χ3n) is 3.26. The first-order valence-electron chi connectivity index (χ1n) is 6.80. The Labute approximate surface area is 127 Å². The molecule has 22 heavy (non-hydrogen) atoms. The number of methoxy groups -OCH3 is 1. The lowest BCUT2D eigenvalue weighted by molar-refractivity contribution is 0.413. The van der Waals surface area contributed by atoms with Crippen molar-refractivity contribution in [2.45, 2.75) is 0 Å². The number of aromatic nitrogens is 2. The molecule has 0 fully saturated rings. The minimum Gasteiger partial charge on any atom is -0.506 e. The maximum absolute atomic E-state index is 9.98. The predicted octanol–water partition coefficient (Wildman–Crippen LogP) is 3.13. The molecule has 0 saturated carbocycles. The van der Waals surface area contributed by atoms with Crippen molar-refractivity contribution in [3.05, 3.63) is 42.5 Å². The van der Waals surface area contributed by atoms with Crippen LogP contribution in [0, 0.1) is 0 Å². The molecule has 1 aromatic heterocycles. The van der Waals surface area contributed by atoms with Crippen molar-refractivity contribution in [1.29, 1.82) is 0 Å². The van der Waals surface area contributed by atoms with Crippen molar-refractivity contribution in [2.75, 3.05) is 24.8 Å². The molecule has 0 aliphatic rings. The normalized spacial score (nSPS) is 10.5. The van der Waals surface area contributed by atoms with E-state index in [2.05, 4.69) is 20.6 Å². The Morgan fingerprint density at radius 2 is 1.68 bits per heavy atom. The van der Waals surface area contributed by atoms with Crippen molar-refractivity contribution in [1.82, 2.24) is 9.97 Å². The molecule has 1 heterocycles. The second kappa shape index (κ2) is 5.77. The molecule has 0 amide bonds. The number of phenols is 1. The number of para-hydroxylation sites is 2. The quantitative estimate of drug-likeness (QED) is 0.642. The van der Waals surface area contributed by atoms with Crippen LogP contribution < -0.4 is 15.4 Å². The third kappa shape index (κ3) is 2.58. The van der Waals surface area contributed by atoms with Crippen LogP contribution in [0.5, 0.6) is 11.5 Å². The van der Waals surface area contributed by atoms with Gasteiger partial charge in [0.25, 0.3) is 0 Å². The molecular formula is C16H16N4O2. The molecule has 2 aromatic carbocycles. The Morgan fingerprint density at radius 1 is 1.00 bits per heavy atom. The zero-order valence-electron chi connectivity index (χ0n) is 12.3. The monoisotopic (exact) mass is 296 g/mol. The lowest BCUT2D eigenvalue weighted by Gasteiger charge is -2.13. The lowest BCUT2D eigenvalue weighted by Crippen LogP contribution is -2.03. The van der Waals surface area contributed by atoms with Crippen LogP contribution in [0.2, 0.25) is 0 Å². The van der Waals surface area contributed by atoms with Gasteiger partial charge in [-0.3, -0.25) is 0 Å². The van der Waals surface area contributed by atoms with Gasteiger partial charge in [-0.15, -0.1) is 0 Å². The lowest BCUT2D eigenvalue weighted by atomic mass is 10.2. The van der Waals surface area contributed by atoms with E-state index in [0.717, 1.165) is 11.0 Å². The molecule has 0 saturated heterocycles. The summed E-state index contributed by atoms with van der Waals surface area (Å²) in [7, 11) is 3.35. The van der Waals surface area contributed by atoms with E-state index < -0.39 is 0 Å². The summed E-state index contributed by atoms with van der Waals surface area (Å²) in [5.41, 5.74) is 2.07. The van der Waals surface area contributed by atoms with Gasteiger partial charge in [-0.05, 0) is 24.3 Å². The maximum Gasteiger partial charge on any atom is 0.174 e. The fraction of sp³-hybridized carbons (Fsp3) is 0.125. The number of phenolic OH excluding ortho intramolecular Hbond substituents is 1. The molecule has 0 atom stereocenters.